The third-order valence-electron chi connectivity index (χ3n) is 4.01. The highest BCUT2D eigenvalue weighted by molar-refractivity contribution is 5.99. The van der Waals surface area contributed by atoms with Crippen LogP contribution in [0, 0.1) is 6.92 Å². The summed E-state index contributed by atoms with van der Waals surface area (Å²) in [5.74, 6) is -0.213. The van der Waals surface area contributed by atoms with Gasteiger partial charge in [0.05, 0.1) is 5.56 Å². The zero-order valence-corrected chi connectivity index (χ0v) is 15.7. The smallest absolute Gasteiger partial charge is 0.360 e. The molecule has 0 unspecified atom stereocenters. The molecule has 6 nitrogen and oxygen atoms in total. The SMILES string of the molecule is CCCCCN(CC(=O)Nc1cc(C)on1)C(=O)c1ccc(C(F)(F)F)cc1. The number of amides is 2. The number of nitrogens with one attached hydrogen (secondary N) is 1. The summed E-state index contributed by atoms with van der Waals surface area (Å²) in [6.07, 6.45) is -2.01. The van der Waals surface area contributed by atoms with Crippen LogP contribution in [0.25, 0.3) is 0 Å². The number of rotatable bonds is 8. The Bertz CT molecular complexity index is 801. The summed E-state index contributed by atoms with van der Waals surface area (Å²) >= 11 is 0. The fraction of sp³-hybridized carbons (Fsp3) is 0.421. The number of carbonyl (C=O) groups is 2. The third-order valence-corrected chi connectivity index (χ3v) is 4.01. The molecule has 2 rings (SSSR count). The highest BCUT2D eigenvalue weighted by Gasteiger charge is 2.30. The Hall–Kier alpha value is -2.84. The Kier molecular flexibility index (Phi) is 7.19. The van der Waals surface area contributed by atoms with Gasteiger partial charge in [-0.3, -0.25) is 9.59 Å². The van der Waals surface area contributed by atoms with Crippen LogP contribution >= 0.6 is 0 Å². The van der Waals surface area contributed by atoms with E-state index < -0.39 is 23.6 Å². The molecule has 0 atom stereocenters. The normalized spacial score (nSPS) is 11.3. The van der Waals surface area contributed by atoms with Crippen molar-refractivity contribution >= 4 is 17.6 Å². The third kappa shape index (κ3) is 6.11. The number of aryl methyl sites for hydroxylation is 1. The molecule has 0 saturated heterocycles. The second kappa shape index (κ2) is 9.38. The lowest BCUT2D eigenvalue weighted by Gasteiger charge is -2.22. The molecule has 0 spiro atoms. The highest BCUT2D eigenvalue weighted by atomic mass is 19.4. The van der Waals surface area contributed by atoms with Gasteiger partial charge in [-0.15, -0.1) is 0 Å². The van der Waals surface area contributed by atoms with Crippen molar-refractivity contribution in [2.24, 2.45) is 0 Å². The number of nitrogens with zero attached hydrogens (tertiary/aromatic N) is 2. The number of benzene rings is 1. The molecule has 1 N–H and O–H groups in total. The van der Waals surface area contributed by atoms with Crippen molar-refractivity contribution in [3.05, 3.63) is 47.2 Å². The van der Waals surface area contributed by atoms with E-state index in [0.29, 0.717) is 18.7 Å². The van der Waals surface area contributed by atoms with Crippen LogP contribution in [0.4, 0.5) is 19.0 Å². The molecule has 2 aromatic rings. The fourth-order valence-electron chi connectivity index (χ4n) is 2.57. The zero-order chi connectivity index (χ0) is 20.7. The minimum absolute atomic E-state index is 0.0922. The Morgan fingerprint density at radius 1 is 1.18 bits per heavy atom. The van der Waals surface area contributed by atoms with Gasteiger partial charge in [0, 0.05) is 18.2 Å². The fourth-order valence-corrected chi connectivity index (χ4v) is 2.57. The first-order chi connectivity index (χ1) is 13.2. The molecule has 0 fully saturated rings. The number of hydrogen-bond acceptors (Lipinski definition) is 4. The summed E-state index contributed by atoms with van der Waals surface area (Å²) in [7, 11) is 0. The Balaban J connectivity index is 2.09. The largest absolute Gasteiger partial charge is 0.416 e. The molecule has 28 heavy (non-hydrogen) atoms. The second-order valence-electron chi connectivity index (χ2n) is 6.38. The molecule has 1 heterocycles. The molecular weight excluding hydrogens is 375 g/mol. The van der Waals surface area contributed by atoms with Gasteiger partial charge >= 0.3 is 6.18 Å². The van der Waals surface area contributed by atoms with Gasteiger partial charge in [-0.25, -0.2) is 0 Å². The molecule has 0 bridgehead atoms. The minimum atomic E-state index is -4.47. The van der Waals surface area contributed by atoms with E-state index in [4.69, 9.17) is 4.52 Å². The van der Waals surface area contributed by atoms with Crippen molar-refractivity contribution in [1.29, 1.82) is 0 Å². The van der Waals surface area contributed by atoms with E-state index in [1.165, 1.54) is 11.0 Å². The van der Waals surface area contributed by atoms with Crippen LogP contribution in [0.15, 0.2) is 34.9 Å². The number of hydrogen-bond donors (Lipinski definition) is 1. The minimum Gasteiger partial charge on any atom is -0.360 e. The van der Waals surface area contributed by atoms with Crippen LogP contribution in [0.2, 0.25) is 0 Å². The van der Waals surface area contributed by atoms with Gasteiger partial charge in [0.2, 0.25) is 5.91 Å². The van der Waals surface area contributed by atoms with E-state index in [1.54, 1.807) is 6.92 Å². The quantitative estimate of drug-likeness (QED) is 0.675. The molecule has 0 aliphatic rings. The van der Waals surface area contributed by atoms with E-state index in [2.05, 4.69) is 10.5 Å². The predicted molar refractivity (Wildman–Crippen MR) is 96.7 cm³/mol. The van der Waals surface area contributed by atoms with Crippen LogP contribution in [0.1, 0.15) is 47.9 Å². The maximum atomic E-state index is 12.7. The summed E-state index contributed by atoms with van der Waals surface area (Å²) < 4.78 is 43.0. The molecule has 0 radical (unpaired) electrons. The van der Waals surface area contributed by atoms with E-state index in [0.717, 1.165) is 37.1 Å². The second-order valence-corrected chi connectivity index (χ2v) is 6.38. The van der Waals surface area contributed by atoms with E-state index in [9.17, 15) is 22.8 Å². The summed E-state index contributed by atoms with van der Waals surface area (Å²) in [4.78, 5) is 26.3. The first kappa shape index (κ1) is 21.5. The van der Waals surface area contributed by atoms with Gasteiger partial charge in [0.25, 0.3) is 5.91 Å². The van der Waals surface area contributed by atoms with Crippen LogP contribution in [-0.2, 0) is 11.0 Å². The zero-order valence-electron chi connectivity index (χ0n) is 15.7. The number of alkyl halides is 3. The number of aromatic nitrogens is 1. The molecule has 0 saturated carbocycles. The maximum absolute atomic E-state index is 12.7. The van der Waals surface area contributed by atoms with Crippen molar-refractivity contribution in [1.82, 2.24) is 10.1 Å². The molecular formula is C19H22F3N3O3. The number of anilines is 1. The van der Waals surface area contributed by atoms with Gasteiger partial charge in [0.1, 0.15) is 12.3 Å². The monoisotopic (exact) mass is 397 g/mol. The first-order valence-corrected chi connectivity index (χ1v) is 8.90. The van der Waals surface area contributed by atoms with Gasteiger partial charge in [0.15, 0.2) is 5.82 Å². The standard InChI is InChI=1S/C19H22F3N3O3/c1-3-4-5-10-25(12-17(26)23-16-11-13(2)28-24-16)18(27)14-6-8-15(9-7-14)19(20,21)22/h6-9,11H,3-5,10,12H2,1-2H3,(H,23,24,26). The Morgan fingerprint density at radius 2 is 1.86 bits per heavy atom. The van der Waals surface area contributed by atoms with Crippen molar-refractivity contribution in [3.63, 3.8) is 0 Å². The van der Waals surface area contributed by atoms with Crippen LogP contribution < -0.4 is 5.32 Å². The maximum Gasteiger partial charge on any atom is 0.416 e. The van der Waals surface area contributed by atoms with Gasteiger partial charge in [-0.2, -0.15) is 13.2 Å². The number of unbranched alkanes of at least 4 members (excludes halogenated alkanes) is 2. The lowest BCUT2D eigenvalue weighted by Crippen LogP contribution is -2.38. The van der Waals surface area contributed by atoms with Crippen LogP contribution in [0.3, 0.4) is 0 Å². The average molecular weight is 397 g/mol. The summed E-state index contributed by atoms with van der Waals surface area (Å²) in [5.41, 5.74) is -0.740. The van der Waals surface area contributed by atoms with Crippen LogP contribution in [0.5, 0.6) is 0 Å². The summed E-state index contributed by atoms with van der Waals surface area (Å²) in [5, 5.41) is 6.19. The molecule has 2 amide bonds. The van der Waals surface area contributed by atoms with Crippen molar-refractivity contribution in [2.75, 3.05) is 18.4 Å². The first-order valence-electron chi connectivity index (χ1n) is 8.90. The molecule has 152 valence electrons. The predicted octanol–water partition coefficient (Wildman–Crippen LogP) is 4.27. The van der Waals surface area contributed by atoms with E-state index in [1.807, 2.05) is 6.92 Å². The summed E-state index contributed by atoms with van der Waals surface area (Å²) in [6.45, 7) is 3.75. The van der Waals surface area contributed by atoms with E-state index >= 15 is 0 Å². The van der Waals surface area contributed by atoms with Gasteiger partial charge < -0.3 is 14.7 Å². The Labute approximate surface area is 160 Å². The molecule has 1 aromatic heterocycles. The number of halogens is 3. The van der Waals surface area contributed by atoms with Crippen LogP contribution in [-0.4, -0.2) is 35.0 Å². The van der Waals surface area contributed by atoms with E-state index in [-0.39, 0.29) is 17.9 Å². The average Bonchev–Trinajstić information content (AvgIpc) is 3.04. The van der Waals surface area contributed by atoms with Gasteiger partial charge in [-0.05, 0) is 37.6 Å². The number of carbonyl (C=O) groups excluding carboxylic acids is 2. The molecule has 1 aromatic carbocycles. The lowest BCUT2D eigenvalue weighted by molar-refractivity contribution is -0.137. The molecule has 0 aliphatic heterocycles. The lowest BCUT2D eigenvalue weighted by atomic mass is 10.1. The van der Waals surface area contributed by atoms with Gasteiger partial charge in [-0.1, -0.05) is 24.9 Å². The Morgan fingerprint density at radius 3 is 2.39 bits per heavy atom. The molecule has 9 heteroatoms. The van der Waals surface area contributed by atoms with Crippen molar-refractivity contribution in [2.45, 2.75) is 39.3 Å². The highest BCUT2D eigenvalue weighted by Crippen LogP contribution is 2.29. The van der Waals surface area contributed by atoms with Crippen molar-refractivity contribution in [3.8, 4) is 0 Å². The van der Waals surface area contributed by atoms with Crippen molar-refractivity contribution < 1.29 is 27.3 Å². The topological polar surface area (TPSA) is 75.4 Å². The summed E-state index contributed by atoms with van der Waals surface area (Å²) in [6, 6.07) is 5.50. The molecule has 0 aliphatic carbocycles.